The summed E-state index contributed by atoms with van der Waals surface area (Å²) in [5.41, 5.74) is -1.04. The first-order valence-electron chi connectivity index (χ1n) is 7.93. The molecule has 1 aliphatic carbocycles. The second kappa shape index (κ2) is 5.67. The second-order valence-corrected chi connectivity index (χ2v) is 8.27. The molecule has 0 amide bonds. The number of ether oxygens (including phenoxy) is 2. The lowest BCUT2D eigenvalue weighted by Crippen LogP contribution is -2.31. The Hall–Kier alpha value is -1.39. The normalized spacial score (nSPS) is 31.0. The number of carbonyl (C=O) groups excluding carboxylic acids is 2. The predicted molar refractivity (Wildman–Crippen MR) is 83.6 cm³/mol. The van der Waals surface area contributed by atoms with Gasteiger partial charge in [-0.15, -0.1) is 0 Å². The Labute approximate surface area is 132 Å². The van der Waals surface area contributed by atoms with Gasteiger partial charge in [-0.1, -0.05) is 0 Å². The van der Waals surface area contributed by atoms with Gasteiger partial charge in [0.05, 0.1) is 11.8 Å². The molecular formula is C17H27NO4. The number of hydrogen-bond acceptors (Lipinski definition) is 5. The van der Waals surface area contributed by atoms with Gasteiger partial charge in [-0.2, -0.15) is 0 Å². The van der Waals surface area contributed by atoms with E-state index in [2.05, 4.69) is 4.99 Å². The summed E-state index contributed by atoms with van der Waals surface area (Å²) >= 11 is 0. The van der Waals surface area contributed by atoms with Crippen LogP contribution in [0.5, 0.6) is 0 Å². The van der Waals surface area contributed by atoms with Crippen LogP contribution in [0.25, 0.3) is 0 Å². The van der Waals surface area contributed by atoms with Crippen LogP contribution in [-0.4, -0.2) is 35.9 Å². The molecule has 5 heteroatoms. The van der Waals surface area contributed by atoms with Crippen LogP contribution >= 0.6 is 0 Å². The van der Waals surface area contributed by atoms with Crippen molar-refractivity contribution < 1.29 is 19.1 Å². The molecule has 1 fully saturated rings. The SMILES string of the molecule is CC(C)(C)OC(=O)[C@H]1C[C@@H](C(=O)OC(C)(C)C)[C@H]2CN=C[C@H]21. The van der Waals surface area contributed by atoms with E-state index in [4.69, 9.17) is 9.47 Å². The summed E-state index contributed by atoms with van der Waals surface area (Å²) in [6, 6.07) is 0. The van der Waals surface area contributed by atoms with Crippen LogP contribution in [0.15, 0.2) is 4.99 Å². The lowest BCUT2D eigenvalue weighted by Gasteiger charge is -2.24. The number of fused-ring (bicyclic) bond motifs is 1. The van der Waals surface area contributed by atoms with Crippen molar-refractivity contribution >= 4 is 18.2 Å². The minimum Gasteiger partial charge on any atom is -0.460 e. The van der Waals surface area contributed by atoms with Crippen LogP contribution in [0.4, 0.5) is 0 Å². The molecule has 0 N–H and O–H groups in total. The molecule has 0 saturated heterocycles. The highest BCUT2D eigenvalue weighted by atomic mass is 16.6. The maximum absolute atomic E-state index is 12.4. The number of nitrogens with zero attached hydrogens (tertiary/aromatic N) is 1. The summed E-state index contributed by atoms with van der Waals surface area (Å²) in [5.74, 6) is -0.974. The van der Waals surface area contributed by atoms with Gasteiger partial charge in [-0.25, -0.2) is 0 Å². The van der Waals surface area contributed by atoms with Gasteiger partial charge in [0.1, 0.15) is 11.2 Å². The second-order valence-electron chi connectivity index (χ2n) is 8.27. The summed E-state index contributed by atoms with van der Waals surface area (Å²) < 4.78 is 11.0. The van der Waals surface area contributed by atoms with E-state index in [1.165, 1.54) is 0 Å². The number of hydrogen-bond donors (Lipinski definition) is 0. The van der Waals surface area contributed by atoms with E-state index < -0.39 is 11.2 Å². The Bertz CT molecular complexity index is 484. The largest absolute Gasteiger partial charge is 0.460 e. The highest BCUT2D eigenvalue weighted by Crippen LogP contribution is 2.45. The highest BCUT2D eigenvalue weighted by molar-refractivity contribution is 5.84. The van der Waals surface area contributed by atoms with Gasteiger partial charge in [0.2, 0.25) is 0 Å². The van der Waals surface area contributed by atoms with Crippen LogP contribution in [0.2, 0.25) is 0 Å². The van der Waals surface area contributed by atoms with Gasteiger partial charge in [0.25, 0.3) is 0 Å². The van der Waals surface area contributed by atoms with Crippen molar-refractivity contribution in [3.63, 3.8) is 0 Å². The van der Waals surface area contributed by atoms with Gasteiger partial charge in [-0.05, 0) is 48.0 Å². The number of esters is 2. The van der Waals surface area contributed by atoms with Crippen molar-refractivity contribution in [1.82, 2.24) is 0 Å². The third-order valence-corrected chi connectivity index (χ3v) is 4.00. The minimum absolute atomic E-state index is 0.00707. The van der Waals surface area contributed by atoms with E-state index in [-0.39, 0.29) is 35.6 Å². The van der Waals surface area contributed by atoms with Crippen LogP contribution in [0.1, 0.15) is 48.0 Å². The average Bonchev–Trinajstić information content (AvgIpc) is 2.82. The summed E-state index contributed by atoms with van der Waals surface area (Å²) in [7, 11) is 0. The zero-order chi connectivity index (χ0) is 16.7. The molecule has 0 aromatic rings. The number of rotatable bonds is 2. The molecule has 1 aliphatic heterocycles. The molecule has 5 nitrogen and oxygen atoms in total. The van der Waals surface area contributed by atoms with E-state index in [9.17, 15) is 9.59 Å². The highest BCUT2D eigenvalue weighted by Gasteiger charge is 2.52. The van der Waals surface area contributed by atoms with Gasteiger partial charge >= 0.3 is 11.9 Å². The monoisotopic (exact) mass is 309 g/mol. The zero-order valence-corrected chi connectivity index (χ0v) is 14.4. The molecule has 0 unspecified atom stereocenters. The Kier molecular flexibility index (Phi) is 4.37. The molecular weight excluding hydrogens is 282 g/mol. The maximum atomic E-state index is 12.4. The van der Waals surface area contributed by atoms with Crippen LogP contribution in [-0.2, 0) is 19.1 Å². The van der Waals surface area contributed by atoms with Crippen molar-refractivity contribution in [3.05, 3.63) is 0 Å². The fourth-order valence-corrected chi connectivity index (χ4v) is 3.22. The fourth-order valence-electron chi connectivity index (χ4n) is 3.22. The third-order valence-electron chi connectivity index (χ3n) is 4.00. The Morgan fingerprint density at radius 3 is 1.95 bits per heavy atom. The first-order chi connectivity index (χ1) is 9.98. The Balaban J connectivity index is 2.11. The van der Waals surface area contributed by atoms with Crippen molar-refractivity contribution in [2.75, 3.05) is 6.54 Å². The van der Waals surface area contributed by atoms with Crippen molar-refractivity contribution in [2.45, 2.75) is 59.2 Å². The van der Waals surface area contributed by atoms with Crippen LogP contribution in [0, 0.1) is 23.7 Å². The third kappa shape index (κ3) is 3.87. The molecule has 0 aromatic carbocycles. The van der Waals surface area contributed by atoms with Crippen LogP contribution in [0.3, 0.4) is 0 Å². The Morgan fingerprint density at radius 1 is 0.955 bits per heavy atom. The quantitative estimate of drug-likeness (QED) is 0.736. The van der Waals surface area contributed by atoms with Crippen molar-refractivity contribution in [3.8, 4) is 0 Å². The summed E-state index contributed by atoms with van der Waals surface area (Å²) in [6.07, 6.45) is 2.31. The van der Waals surface area contributed by atoms with Crippen LogP contribution < -0.4 is 0 Å². The molecule has 2 rings (SSSR count). The van der Waals surface area contributed by atoms with Gasteiger partial charge in [0, 0.05) is 24.6 Å². The van der Waals surface area contributed by atoms with E-state index in [1.54, 1.807) is 0 Å². The molecule has 22 heavy (non-hydrogen) atoms. The van der Waals surface area contributed by atoms with Gasteiger partial charge in [0.15, 0.2) is 0 Å². The molecule has 0 bridgehead atoms. The number of aliphatic imine (C=N–C) groups is 1. The van der Waals surface area contributed by atoms with Gasteiger partial charge < -0.3 is 9.47 Å². The van der Waals surface area contributed by atoms with E-state index in [0.29, 0.717) is 13.0 Å². The lowest BCUT2D eigenvalue weighted by molar-refractivity contribution is -0.162. The number of carbonyl (C=O) groups is 2. The molecule has 0 aromatic heterocycles. The molecule has 1 heterocycles. The van der Waals surface area contributed by atoms with Crippen molar-refractivity contribution in [2.24, 2.45) is 28.7 Å². The molecule has 4 atom stereocenters. The molecule has 124 valence electrons. The first kappa shape index (κ1) is 17.0. The Morgan fingerprint density at radius 2 is 1.45 bits per heavy atom. The van der Waals surface area contributed by atoms with E-state index in [1.807, 2.05) is 47.8 Å². The van der Waals surface area contributed by atoms with E-state index in [0.717, 1.165) is 0 Å². The minimum atomic E-state index is -0.521. The zero-order valence-electron chi connectivity index (χ0n) is 14.4. The summed E-state index contributed by atoms with van der Waals surface area (Å²) in [4.78, 5) is 29.1. The average molecular weight is 309 g/mol. The molecule has 0 spiro atoms. The van der Waals surface area contributed by atoms with Gasteiger partial charge in [-0.3, -0.25) is 14.6 Å². The topological polar surface area (TPSA) is 65.0 Å². The fraction of sp³-hybridized carbons (Fsp3) is 0.824. The first-order valence-corrected chi connectivity index (χ1v) is 7.93. The summed E-state index contributed by atoms with van der Waals surface area (Å²) in [5, 5.41) is 0. The summed E-state index contributed by atoms with van der Waals surface area (Å²) in [6.45, 7) is 11.7. The molecule has 2 aliphatic rings. The molecule has 0 radical (unpaired) electrons. The predicted octanol–water partition coefficient (Wildman–Crippen LogP) is 2.62. The van der Waals surface area contributed by atoms with Crippen molar-refractivity contribution in [1.29, 1.82) is 0 Å². The van der Waals surface area contributed by atoms with E-state index >= 15 is 0 Å². The molecule has 1 saturated carbocycles. The standard InChI is InChI=1S/C17H27NO4/c1-16(2,3)21-14(19)10-7-11(13-9-18-8-12(10)13)15(20)22-17(4,5)6/h8,10-13H,7,9H2,1-6H3/t10-,11+,12-,13+/m0/s1. The lowest BCUT2D eigenvalue weighted by atomic mass is 9.90. The smallest absolute Gasteiger partial charge is 0.310 e. The maximum Gasteiger partial charge on any atom is 0.310 e.